The Morgan fingerprint density at radius 1 is 1.23 bits per heavy atom. The van der Waals surface area contributed by atoms with E-state index >= 15 is 0 Å². The summed E-state index contributed by atoms with van der Waals surface area (Å²) in [5, 5.41) is 3.03. The van der Waals surface area contributed by atoms with Crippen molar-refractivity contribution in [1.29, 1.82) is 0 Å². The number of benzene rings is 1. The van der Waals surface area contributed by atoms with Crippen molar-refractivity contribution in [3.63, 3.8) is 0 Å². The smallest absolute Gasteiger partial charge is 0.254 e. The standard InChI is InChI=1S/C20H24FN3O2/c1-13-3-9-17(10-4-13)23-18(25)12-24-19(26)11-14(2)22-20(24)15-5-7-16(21)8-6-15/h5-8,11,13,17H,3-4,9-10,12H2,1-2H3,(H,23,25). The van der Waals surface area contributed by atoms with Gasteiger partial charge in [0.05, 0.1) is 0 Å². The molecule has 0 aliphatic heterocycles. The molecular formula is C20H24FN3O2. The Bertz CT molecular complexity index is 837. The first kappa shape index (κ1) is 18.3. The number of halogens is 1. The zero-order valence-electron chi connectivity index (χ0n) is 15.2. The van der Waals surface area contributed by atoms with Crippen LogP contribution >= 0.6 is 0 Å². The Morgan fingerprint density at radius 2 is 1.88 bits per heavy atom. The van der Waals surface area contributed by atoms with Crippen molar-refractivity contribution >= 4 is 5.91 Å². The van der Waals surface area contributed by atoms with Gasteiger partial charge in [-0.05, 0) is 62.8 Å². The third kappa shape index (κ3) is 4.36. The molecule has 26 heavy (non-hydrogen) atoms. The Kier molecular flexibility index (Phi) is 5.49. The van der Waals surface area contributed by atoms with Crippen LogP contribution in [-0.2, 0) is 11.3 Å². The minimum absolute atomic E-state index is 0.0924. The molecule has 1 aromatic carbocycles. The van der Waals surface area contributed by atoms with Crippen molar-refractivity contribution in [3.8, 4) is 11.4 Å². The normalized spacial score (nSPS) is 20.0. The molecule has 1 fully saturated rings. The van der Waals surface area contributed by atoms with E-state index in [-0.39, 0.29) is 29.9 Å². The second kappa shape index (κ2) is 7.81. The highest BCUT2D eigenvalue weighted by atomic mass is 19.1. The molecule has 1 heterocycles. The quantitative estimate of drug-likeness (QED) is 0.915. The minimum atomic E-state index is -0.362. The number of rotatable bonds is 4. The van der Waals surface area contributed by atoms with Crippen molar-refractivity contribution in [1.82, 2.24) is 14.9 Å². The average molecular weight is 357 g/mol. The lowest BCUT2D eigenvalue weighted by Crippen LogP contribution is -2.41. The molecule has 0 radical (unpaired) electrons. The van der Waals surface area contributed by atoms with Crippen molar-refractivity contribution in [3.05, 3.63) is 52.2 Å². The molecule has 5 nitrogen and oxygen atoms in total. The summed E-state index contributed by atoms with van der Waals surface area (Å²) in [6, 6.07) is 7.33. The highest BCUT2D eigenvalue weighted by molar-refractivity contribution is 5.76. The number of aromatic nitrogens is 2. The lowest BCUT2D eigenvalue weighted by Gasteiger charge is -2.27. The van der Waals surface area contributed by atoms with Gasteiger partial charge >= 0.3 is 0 Å². The van der Waals surface area contributed by atoms with Gasteiger partial charge in [0.2, 0.25) is 5.91 Å². The number of carbonyl (C=O) groups excluding carboxylic acids is 1. The van der Waals surface area contributed by atoms with Crippen molar-refractivity contribution in [2.75, 3.05) is 0 Å². The van der Waals surface area contributed by atoms with Gasteiger partial charge in [0.15, 0.2) is 0 Å². The van der Waals surface area contributed by atoms with E-state index in [4.69, 9.17) is 0 Å². The molecular weight excluding hydrogens is 333 g/mol. The molecule has 0 saturated heterocycles. The summed E-state index contributed by atoms with van der Waals surface area (Å²) in [5.74, 6) is 0.528. The molecule has 1 N–H and O–H groups in total. The maximum Gasteiger partial charge on any atom is 0.254 e. The van der Waals surface area contributed by atoms with Crippen molar-refractivity contribution in [2.45, 2.75) is 52.1 Å². The van der Waals surface area contributed by atoms with Gasteiger partial charge in [-0.2, -0.15) is 0 Å². The molecule has 138 valence electrons. The summed E-state index contributed by atoms with van der Waals surface area (Å²) >= 11 is 0. The highest BCUT2D eigenvalue weighted by Crippen LogP contribution is 2.23. The van der Waals surface area contributed by atoms with Crippen LogP contribution in [-0.4, -0.2) is 21.5 Å². The highest BCUT2D eigenvalue weighted by Gasteiger charge is 2.21. The van der Waals surface area contributed by atoms with E-state index in [1.807, 2.05) is 0 Å². The van der Waals surface area contributed by atoms with E-state index in [9.17, 15) is 14.0 Å². The molecule has 0 bridgehead atoms. The molecule has 1 aliphatic rings. The fraction of sp³-hybridized carbons (Fsp3) is 0.450. The first-order valence-corrected chi connectivity index (χ1v) is 9.06. The SMILES string of the molecule is Cc1cc(=O)n(CC(=O)NC2CCC(C)CC2)c(-c2ccc(F)cc2)n1. The Labute approximate surface area is 152 Å². The van der Waals surface area contributed by atoms with Gasteiger partial charge in [0.25, 0.3) is 5.56 Å². The first-order valence-electron chi connectivity index (χ1n) is 9.06. The molecule has 0 atom stereocenters. The summed E-state index contributed by atoms with van der Waals surface area (Å²) in [4.78, 5) is 29.3. The van der Waals surface area contributed by atoms with E-state index < -0.39 is 0 Å². The third-order valence-corrected chi connectivity index (χ3v) is 4.92. The fourth-order valence-corrected chi connectivity index (χ4v) is 3.41. The largest absolute Gasteiger partial charge is 0.352 e. The molecule has 0 unspecified atom stereocenters. The second-order valence-electron chi connectivity index (χ2n) is 7.18. The predicted octanol–water partition coefficient (Wildman–Crippen LogP) is 3.05. The van der Waals surface area contributed by atoms with Gasteiger partial charge in [-0.3, -0.25) is 14.2 Å². The monoisotopic (exact) mass is 357 g/mol. The number of aryl methyl sites for hydroxylation is 1. The van der Waals surface area contributed by atoms with Crippen LogP contribution in [0.4, 0.5) is 4.39 Å². The number of amides is 1. The molecule has 1 amide bonds. The van der Waals surface area contributed by atoms with E-state index in [0.29, 0.717) is 23.0 Å². The molecule has 6 heteroatoms. The third-order valence-electron chi connectivity index (χ3n) is 4.92. The first-order chi connectivity index (χ1) is 12.4. The van der Waals surface area contributed by atoms with E-state index in [2.05, 4.69) is 17.2 Å². The average Bonchev–Trinajstić information content (AvgIpc) is 2.60. The van der Waals surface area contributed by atoms with Gasteiger partial charge in [0, 0.05) is 23.4 Å². The summed E-state index contributed by atoms with van der Waals surface area (Å²) in [5.41, 5.74) is 0.878. The van der Waals surface area contributed by atoms with Crippen molar-refractivity contribution < 1.29 is 9.18 Å². The number of nitrogens with zero attached hydrogens (tertiary/aromatic N) is 2. The minimum Gasteiger partial charge on any atom is -0.352 e. The van der Waals surface area contributed by atoms with Crippen LogP contribution in [0, 0.1) is 18.7 Å². The Morgan fingerprint density at radius 3 is 2.54 bits per heavy atom. The maximum atomic E-state index is 13.2. The van der Waals surface area contributed by atoms with E-state index in [0.717, 1.165) is 25.7 Å². The molecule has 3 rings (SSSR count). The lowest BCUT2D eigenvalue weighted by molar-refractivity contribution is -0.122. The molecule has 1 saturated carbocycles. The van der Waals surface area contributed by atoms with E-state index in [1.165, 1.54) is 22.8 Å². The van der Waals surface area contributed by atoms with Gasteiger partial charge in [-0.1, -0.05) is 6.92 Å². The van der Waals surface area contributed by atoms with E-state index in [1.54, 1.807) is 19.1 Å². The van der Waals surface area contributed by atoms with Gasteiger partial charge < -0.3 is 5.32 Å². The molecule has 1 aromatic heterocycles. The van der Waals surface area contributed by atoms with Crippen LogP contribution in [0.25, 0.3) is 11.4 Å². The molecule has 2 aromatic rings. The molecule has 0 spiro atoms. The Balaban J connectivity index is 1.81. The van der Waals surface area contributed by atoms with Crippen LogP contribution < -0.4 is 10.9 Å². The summed E-state index contributed by atoms with van der Waals surface area (Å²) in [6.45, 7) is 3.86. The van der Waals surface area contributed by atoms with Crippen LogP contribution in [0.2, 0.25) is 0 Å². The number of nitrogens with one attached hydrogen (secondary N) is 1. The predicted molar refractivity (Wildman–Crippen MR) is 98.2 cm³/mol. The number of hydrogen-bond acceptors (Lipinski definition) is 3. The fourth-order valence-electron chi connectivity index (χ4n) is 3.41. The van der Waals surface area contributed by atoms with Gasteiger partial charge in [-0.25, -0.2) is 9.37 Å². The summed E-state index contributed by atoms with van der Waals surface area (Å²) in [7, 11) is 0. The summed E-state index contributed by atoms with van der Waals surface area (Å²) < 4.78 is 14.6. The van der Waals surface area contributed by atoms with Crippen molar-refractivity contribution in [2.24, 2.45) is 5.92 Å². The number of hydrogen-bond donors (Lipinski definition) is 1. The van der Waals surface area contributed by atoms with Crippen LogP contribution in [0.3, 0.4) is 0 Å². The molecule has 1 aliphatic carbocycles. The zero-order valence-corrected chi connectivity index (χ0v) is 15.2. The number of carbonyl (C=O) groups is 1. The van der Waals surface area contributed by atoms with Gasteiger partial charge in [-0.15, -0.1) is 0 Å². The maximum absolute atomic E-state index is 13.2. The van der Waals surface area contributed by atoms with Crippen LogP contribution in [0.5, 0.6) is 0 Å². The van der Waals surface area contributed by atoms with Gasteiger partial charge in [0.1, 0.15) is 18.2 Å². The second-order valence-corrected chi connectivity index (χ2v) is 7.18. The lowest BCUT2D eigenvalue weighted by atomic mass is 9.87. The summed E-state index contributed by atoms with van der Waals surface area (Å²) in [6.07, 6.45) is 4.16. The zero-order chi connectivity index (χ0) is 18.7. The van der Waals surface area contributed by atoms with Crippen LogP contribution in [0.15, 0.2) is 35.1 Å². The Hall–Kier alpha value is -2.50. The topological polar surface area (TPSA) is 64.0 Å². The van der Waals surface area contributed by atoms with Crippen LogP contribution in [0.1, 0.15) is 38.3 Å².